The summed E-state index contributed by atoms with van der Waals surface area (Å²) in [6.45, 7) is -0.175. The third-order valence-corrected chi connectivity index (χ3v) is 5.22. The highest BCUT2D eigenvalue weighted by molar-refractivity contribution is 7.13. The standard InChI is InChI=1S/C23H15F3N2O2S/c24-15-7-6-14(19(25)10-15)12-30-17-8-9-18(20(26)11-17)23-28-21(13-31-23)22(29)27-16-4-2-1-3-5-16/h1-11,13H,12H2,(H,27,29). The first-order chi connectivity index (χ1) is 15.0. The highest BCUT2D eigenvalue weighted by atomic mass is 32.1. The SMILES string of the molecule is O=C(Nc1ccccc1)c1csc(-c2ccc(OCc3ccc(F)cc3F)cc2F)n1. The van der Waals surface area contributed by atoms with Crippen LogP contribution in [0.1, 0.15) is 16.1 Å². The van der Waals surface area contributed by atoms with Gasteiger partial charge in [-0.05, 0) is 36.4 Å². The van der Waals surface area contributed by atoms with E-state index in [0.29, 0.717) is 10.7 Å². The van der Waals surface area contributed by atoms with Gasteiger partial charge in [0.15, 0.2) is 0 Å². The zero-order chi connectivity index (χ0) is 21.8. The van der Waals surface area contributed by atoms with E-state index in [0.717, 1.165) is 29.5 Å². The number of carbonyl (C=O) groups excluding carboxylic acids is 1. The fourth-order valence-corrected chi connectivity index (χ4v) is 3.60. The van der Waals surface area contributed by atoms with Gasteiger partial charge in [0.05, 0.1) is 0 Å². The topological polar surface area (TPSA) is 51.2 Å². The van der Waals surface area contributed by atoms with Crippen LogP contribution in [-0.4, -0.2) is 10.9 Å². The van der Waals surface area contributed by atoms with E-state index in [1.165, 1.54) is 18.2 Å². The Hall–Kier alpha value is -3.65. The molecule has 0 radical (unpaired) electrons. The fourth-order valence-electron chi connectivity index (χ4n) is 2.78. The lowest BCUT2D eigenvalue weighted by Crippen LogP contribution is -2.12. The second kappa shape index (κ2) is 9.01. The van der Waals surface area contributed by atoms with Crippen LogP contribution < -0.4 is 10.1 Å². The number of hydrogen-bond acceptors (Lipinski definition) is 4. The van der Waals surface area contributed by atoms with Crippen molar-refractivity contribution in [2.24, 2.45) is 0 Å². The van der Waals surface area contributed by atoms with E-state index in [4.69, 9.17) is 4.74 Å². The predicted molar refractivity (Wildman–Crippen MR) is 113 cm³/mol. The first-order valence-electron chi connectivity index (χ1n) is 9.18. The van der Waals surface area contributed by atoms with E-state index < -0.39 is 23.4 Å². The van der Waals surface area contributed by atoms with Crippen molar-refractivity contribution in [3.8, 4) is 16.3 Å². The van der Waals surface area contributed by atoms with E-state index >= 15 is 0 Å². The number of ether oxygens (including phenoxy) is 1. The molecule has 4 aromatic rings. The van der Waals surface area contributed by atoms with Crippen LogP contribution in [0.5, 0.6) is 5.75 Å². The van der Waals surface area contributed by atoms with Gasteiger partial charge in [-0.15, -0.1) is 11.3 Å². The Kier molecular flexibility index (Phi) is 5.99. The van der Waals surface area contributed by atoms with Crippen molar-refractivity contribution in [1.82, 2.24) is 4.98 Å². The minimum Gasteiger partial charge on any atom is -0.489 e. The number of nitrogens with zero attached hydrogens (tertiary/aromatic N) is 1. The third-order valence-electron chi connectivity index (χ3n) is 4.35. The maximum atomic E-state index is 14.6. The molecule has 1 N–H and O–H groups in total. The highest BCUT2D eigenvalue weighted by Gasteiger charge is 2.15. The van der Waals surface area contributed by atoms with Crippen LogP contribution in [0.25, 0.3) is 10.6 Å². The molecular weight excluding hydrogens is 425 g/mol. The van der Waals surface area contributed by atoms with Crippen LogP contribution in [0.4, 0.5) is 18.9 Å². The Morgan fingerprint density at radius 3 is 2.52 bits per heavy atom. The maximum absolute atomic E-state index is 14.6. The molecule has 0 spiro atoms. The summed E-state index contributed by atoms with van der Waals surface area (Å²) in [7, 11) is 0. The molecule has 156 valence electrons. The van der Waals surface area contributed by atoms with Gasteiger partial charge in [-0.1, -0.05) is 18.2 Å². The number of rotatable bonds is 6. The summed E-state index contributed by atoms with van der Waals surface area (Å²) in [6.07, 6.45) is 0. The maximum Gasteiger partial charge on any atom is 0.275 e. The summed E-state index contributed by atoms with van der Waals surface area (Å²) in [6, 6.07) is 16.2. The molecule has 0 aliphatic rings. The molecule has 0 atom stereocenters. The van der Waals surface area contributed by atoms with Crippen molar-refractivity contribution in [2.75, 3.05) is 5.32 Å². The van der Waals surface area contributed by atoms with E-state index in [1.807, 2.05) is 6.07 Å². The Morgan fingerprint density at radius 2 is 1.77 bits per heavy atom. The lowest BCUT2D eigenvalue weighted by atomic mass is 10.2. The average molecular weight is 440 g/mol. The van der Waals surface area contributed by atoms with Crippen LogP contribution in [0, 0.1) is 17.5 Å². The summed E-state index contributed by atoms with van der Waals surface area (Å²) < 4.78 is 46.7. The first-order valence-corrected chi connectivity index (χ1v) is 10.1. The summed E-state index contributed by atoms with van der Waals surface area (Å²) in [5.41, 5.74) is 1.17. The monoisotopic (exact) mass is 440 g/mol. The number of halogens is 3. The summed E-state index contributed by atoms with van der Waals surface area (Å²) in [5.74, 6) is -2.22. The lowest BCUT2D eigenvalue weighted by Gasteiger charge is -2.08. The molecule has 31 heavy (non-hydrogen) atoms. The molecule has 1 amide bonds. The number of aromatic nitrogens is 1. The normalized spacial score (nSPS) is 10.7. The number of nitrogens with one attached hydrogen (secondary N) is 1. The average Bonchev–Trinajstić information content (AvgIpc) is 3.24. The zero-order valence-electron chi connectivity index (χ0n) is 15.9. The molecule has 1 aromatic heterocycles. The second-order valence-corrected chi connectivity index (χ2v) is 7.38. The quantitative estimate of drug-likeness (QED) is 0.397. The molecule has 0 saturated heterocycles. The van der Waals surface area contributed by atoms with Gasteiger partial charge in [0.2, 0.25) is 0 Å². The van der Waals surface area contributed by atoms with Gasteiger partial charge in [-0.3, -0.25) is 4.79 Å². The van der Waals surface area contributed by atoms with Crippen LogP contribution in [-0.2, 0) is 6.61 Å². The van der Waals surface area contributed by atoms with E-state index in [9.17, 15) is 18.0 Å². The van der Waals surface area contributed by atoms with E-state index in [1.54, 1.807) is 29.6 Å². The van der Waals surface area contributed by atoms with Crippen LogP contribution >= 0.6 is 11.3 Å². The van der Waals surface area contributed by atoms with Crippen molar-refractivity contribution in [3.05, 3.63) is 101 Å². The number of amides is 1. The van der Waals surface area contributed by atoms with E-state index in [-0.39, 0.29) is 29.2 Å². The molecule has 4 nitrogen and oxygen atoms in total. The van der Waals surface area contributed by atoms with Gasteiger partial charge in [0, 0.05) is 34.3 Å². The molecule has 0 unspecified atom stereocenters. The fraction of sp³-hybridized carbons (Fsp3) is 0.0435. The Bertz CT molecular complexity index is 1230. The number of thiazole rings is 1. The van der Waals surface area contributed by atoms with Gasteiger partial charge in [0.1, 0.15) is 40.5 Å². The number of hydrogen-bond donors (Lipinski definition) is 1. The molecule has 0 fully saturated rings. The Morgan fingerprint density at radius 1 is 0.968 bits per heavy atom. The van der Waals surface area contributed by atoms with Crippen molar-refractivity contribution in [3.63, 3.8) is 0 Å². The summed E-state index contributed by atoms with van der Waals surface area (Å²) >= 11 is 1.14. The molecule has 1 heterocycles. The van der Waals surface area contributed by atoms with Crippen LogP contribution in [0.3, 0.4) is 0 Å². The van der Waals surface area contributed by atoms with Crippen molar-refractivity contribution < 1.29 is 22.7 Å². The van der Waals surface area contributed by atoms with E-state index in [2.05, 4.69) is 10.3 Å². The van der Waals surface area contributed by atoms with Crippen LogP contribution in [0.2, 0.25) is 0 Å². The summed E-state index contributed by atoms with van der Waals surface area (Å²) in [5, 5.41) is 4.61. The molecule has 0 saturated carbocycles. The van der Waals surface area contributed by atoms with Crippen molar-refractivity contribution >= 4 is 22.9 Å². The number of anilines is 1. The molecule has 3 aromatic carbocycles. The highest BCUT2D eigenvalue weighted by Crippen LogP contribution is 2.29. The molecular formula is C23H15F3N2O2S. The van der Waals surface area contributed by atoms with Gasteiger partial charge >= 0.3 is 0 Å². The molecule has 8 heteroatoms. The van der Waals surface area contributed by atoms with Gasteiger partial charge in [0.25, 0.3) is 5.91 Å². The number of carbonyl (C=O) groups is 1. The Labute approximate surface area is 180 Å². The lowest BCUT2D eigenvalue weighted by molar-refractivity contribution is 0.102. The molecule has 4 rings (SSSR count). The molecule has 0 aliphatic heterocycles. The minimum absolute atomic E-state index is 0.153. The molecule has 0 bridgehead atoms. The smallest absolute Gasteiger partial charge is 0.275 e. The van der Waals surface area contributed by atoms with Gasteiger partial charge < -0.3 is 10.1 Å². The Balaban J connectivity index is 1.45. The number of para-hydroxylation sites is 1. The number of benzene rings is 3. The molecule has 0 aliphatic carbocycles. The van der Waals surface area contributed by atoms with Gasteiger partial charge in [-0.2, -0.15) is 0 Å². The third kappa shape index (κ3) is 4.92. The van der Waals surface area contributed by atoms with Crippen LogP contribution in [0.15, 0.2) is 72.1 Å². The van der Waals surface area contributed by atoms with Crippen molar-refractivity contribution in [2.45, 2.75) is 6.61 Å². The van der Waals surface area contributed by atoms with Gasteiger partial charge in [-0.25, -0.2) is 18.2 Å². The zero-order valence-corrected chi connectivity index (χ0v) is 16.8. The minimum atomic E-state index is -0.735. The van der Waals surface area contributed by atoms with Crippen molar-refractivity contribution in [1.29, 1.82) is 0 Å². The first kappa shape index (κ1) is 20.6. The largest absolute Gasteiger partial charge is 0.489 e. The summed E-state index contributed by atoms with van der Waals surface area (Å²) in [4.78, 5) is 16.6. The predicted octanol–water partition coefficient (Wildman–Crippen LogP) is 6.06. The second-order valence-electron chi connectivity index (χ2n) is 6.52.